The van der Waals surface area contributed by atoms with Gasteiger partial charge < -0.3 is 15.0 Å². The zero-order valence-electron chi connectivity index (χ0n) is 12.2. The van der Waals surface area contributed by atoms with E-state index in [0.717, 1.165) is 25.1 Å². The van der Waals surface area contributed by atoms with Gasteiger partial charge in [-0.3, -0.25) is 0 Å². The van der Waals surface area contributed by atoms with Crippen molar-refractivity contribution in [2.24, 2.45) is 5.92 Å². The van der Waals surface area contributed by atoms with Crippen molar-refractivity contribution in [2.75, 3.05) is 33.3 Å². The van der Waals surface area contributed by atoms with E-state index in [1.807, 2.05) is 0 Å². The molecule has 18 heavy (non-hydrogen) atoms. The monoisotopic (exact) mass is 254 g/mol. The highest BCUT2D eigenvalue weighted by Gasteiger charge is 2.28. The van der Waals surface area contributed by atoms with E-state index in [1.165, 1.54) is 51.6 Å². The first kappa shape index (κ1) is 14.3. The molecule has 3 atom stereocenters. The third-order valence-electron chi connectivity index (χ3n) is 4.40. The molecule has 2 fully saturated rings. The average molecular weight is 254 g/mol. The summed E-state index contributed by atoms with van der Waals surface area (Å²) in [5.41, 5.74) is 0. The Labute approximate surface area is 112 Å². The zero-order chi connectivity index (χ0) is 12.8. The van der Waals surface area contributed by atoms with Crippen LogP contribution in [0.25, 0.3) is 0 Å². The molecular formula is C15H30N2O. The first-order chi connectivity index (χ1) is 8.79. The number of hydrogen-bond donors (Lipinski definition) is 1. The molecule has 0 amide bonds. The maximum atomic E-state index is 5.72. The molecule has 0 bridgehead atoms. The van der Waals surface area contributed by atoms with Crippen molar-refractivity contribution in [3.8, 4) is 0 Å². The first-order valence-electron chi connectivity index (χ1n) is 7.83. The lowest BCUT2D eigenvalue weighted by molar-refractivity contribution is 0.0754. The molecule has 1 heterocycles. The molecule has 1 N–H and O–H groups in total. The Balaban J connectivity index is 1.69. The number of nitrogens with zero attached hydrogens (tertiary/aromatic N) is 1. The van der Waals surface area contributed by atoms with Gasteiger partial charge in [-0.2, -0.15) is 0 Å². The van der Waals surface area contributed by atoms with Gasteiger partial charge in [-0.1, -0.05) is 13.3 Å². The summed E-state index contributed by atoms with van der Waals surface area (Å²) in [6, 6.07) is 0.761. The summed E-state index contributed by atoms with van der Waals surface area (Å²) in [6.45, 7) is 6.76. The van der Waals surface area contributed by atoms with Crippen molar-refractivity contribution in [1.29, 1.82) is 0 Å². The van der Waals surface area contributed by atoms with E-state index >= 15 is 0 Å². The van der Waals surface area contributed by atoms with Crippen molar-refractivity contribution in [3.63, 3.8) is 0 Å². The molecule has 2 aliphatic rings. The summed E-state index contributed by atoms with van der Waals surface area (Å²) in [5.74, 6) is 0.850. The minimum Gasteiger partial charge on any atom is -0.377 e. The predicted molar refractivity (Wildman–Crippen MR) is 75.9 cm³/mol. The van der Waals surface area contributed by atoms with E-state index < -0.39 is 0 Å². The summed E-state index contributed by atoms with van der Waals surface area (Å²) in [6.07, 6.45) is 8.43. The molecule has 0 aromatic heterocycles. The molecule has 0 spiro atoms. The molecule has 2 rings (SSSR count). The van der Waals surface area contributed by atoms with Crippen molar-refractivity contribution < 1.29 is 4.74 Å². The van der Waals surface area contributed by atoms with Gasteiger partial charge in [0.2, 0.25) is 0 Å². The lowest BCUT2D eigenvalue weighted by Crippen LogP contribution is -2.40. The van der Waals surface area contributed by atoms with E-state index in [-0.39, 0.29) is 0 Å². The SMILES string of the molecule is CCCNC1CCCC1CN(C)CC1CCCO1. The van der Waals surface area contributed by atoms with E-state index in [9.17, 15) is 0 Å². The quantitative estimate of drug-likeness (QED) is 0.754. The summed E-state index contributed by atoms with van der Waals surface area (Å²) in [5, 5.41) is 3.72. The van der Waals surface area contributed by atoms with E-state index in [2.05, 4.69) is 24.2 Å². The highest BCUT2D eigenvalue weighted by Crippen LogP contribution is 2.26. The summed E-state index contributed by atoms with van der Waals surface area (Å²) >= 11 is 0. The van der Waals surface area contributed by atoms with Crippen LogP contribution in [0, 0.1) is 5.92 Å². The van der Waals surface area contributed by atoms with Crippen LogP contribution in [-0.4, -0.2) is 50.3 Å². The molecule has 0 radical (unpaired) electrons. The fraction of sp³-hybridized carbons (Fsp3) is 1.00. The van der Waals surface area contributed by atoms with E-state index in [1.54, 1.807) is 0 Å². The van der Waals surface area contributed by atoms with Crippen LogP contribution < -0.4 is 5.32 Å². The van der Waals surface area contributed by atoms with Crippen LogP contribution in [-0.2, 0) is 4.74 Å². The Bertz CT molecular complexity index is 229. The molecule has 0 aromatic rings. The lowest BCUT2D eigenvalue weighted by Gasteiger charge is -2.27. The second-order valence-electron chi connectivity index (χ2n) is 6.11. The molecule has 0 aromatic carbocycles. The van der Waals surface area contributed by atoms with Crippen molar-refractivity contribution in [2.45, 2.75) is 57.6 Å². The van der Waals surface area contributed by atoms with Gasteiger partial charge in [0.25, 0.3) is 0 Å². The van der Waals surface area contributed by atoms with Gasteiger partial charge >= 0.3 is 0 Å². The number of nitrogens with one attached hydrogen (secondary N) is 1. The van der Waals surface area contributed by atoms with Crippen molar-refractivity contribution >= 4 is 0 Å². The fourth-order valence-electron chi connectivity index (χ4n) is 3.46. The molecule has 3 unspecified atom stereocenters. The van der Waals surface area contributed by atoms with E-state index in [4.69, 9.17) is 4.74 Å². The van der Waals surface area contributed by atoms with Gasteiger partial charge in [-0.25, -0.2) is 0 Å². The number of ether oxygens (including phenoxy) is 1. The summed E-state index contributed by atoms with van der Waals surface area (Å²) < 4.78 is 5.72. The van der Waals surface area contributed by atoms with Crippen LogP contribution in [0.2, 0.25) is 0 Å². The number of hydrogen-bond acceptors (Lipinski definition) is 3. The third-order valence-corrected chi connectivity index (χ3v) is 4.40. The van der Waals surface area contributed by atoms with Crippen LogP contribution in [0.15, 0.2) is 0 Å². The fourth-order valence-corrected chi connectivity index (χ4v) is 3.46. The average Bonchev–Trinajstić information content (AvgIpc) is 2.98. The second kappa shape index (κ2) is 7.46. The molecule has 106 valence electrons. The molecule has 3 heteroatoms. The van der Waals surface area contributed by atoms with Crippen molar-refractivity contribution in [1.82, 2.24) is 10.2 Å². The Hall–Kier alpha value is -0.120. The largest absolute Gasteiger partial charge is 0.377 e. The molecular weight excluding hydrogens is 224 g/mol. The maximum absolute atomic E-state index is 5.72. The smallest absolute Gasteiger partial charge is 0.0702 e. The molecule has 3 nitrogen and oxygen atoms in total. The normalized spacial score (nSPS) is 32.5. The predicted octanol–water partition coefficient (Wildman–Crippen LogP) is 2.27. The van der Waals surface area contributed by atoms with Crippen molar-refractivity contribution in [3.05, 3.63) is 0 Å². The van der Waals surface area contributed by atoms with Gasteiger partial charge in [-0.15, -0.1) is 0 Å². The number of likely N-dealkylation sites (N-methyl/N-ethyl adjacent to an activating group) is 1. The standard InChI is InChI=1S/C15H30N2O/c1-3-9-16-15-8-4-6-13(15)11-17(2)12-14-7-5-10-18-14/h13-16H,3-12H2,1-2H3. The van der Waals surface area contributed by atoms with Gasteiger partial charge in [0.1, 0.15) is 0 Å². The Morgan fingerprint density at radius 1 is 1.17 bits per heavy atom. The molecule has 1 saturated carbocycles. The summed E-state index contributed by atoms with van der Waals surface area (Å²) in [4.78, 5) is 2.49. The summed E-state index contributed by atoms with van der Waals surface area (Å²) in [7, 11) is 2.26. The Kier molecular flexibility index (Phi) is 5.93. The van der Waals surface area contributed by atoms with Gasteiger partial charge in [-0.05, 0) is 51.6 Å². The number of rotatable bonds is 7. The maximum Gasteiger partial charge on any atom is 0.0702 e. The van der Waals surface area contributed by atoms with Crippen LogP contribution in [0.4, 0.5) is 0 Å². The van der Waals surface area contributed by atoms with Crippen LogP contribution in [0.5, 0.6) is 0 Å². The van der Waals surface area contributed by atoms with Gasteiger partial charge in [0.05, 0.1) is 6.10 Å². The lowest BCUT2D eigenvalue weighted by atomic mass is 10.0. The molecule has 1 aliphatic carbocycles. The highest BCUT2D eigenvalue weighted by atomic mass is 16.5. The first-order valence-corrected chi connectivity index (χ1v) is 7.83. The Morgan fingerprint density at radius 2 is 2.06 bits per heavy atom. The van der Waals surface area contributed by atoms with Crippen LogP contribution >= 0.6 is 0 Å². The minimum absolute atomic E-state index is 0.499. The minimum atomic E-state index is 0.499. The van der Waals surface area contributed by atoms with Gasteiger partial charge in [0.15, 0.2) is 0 Å². The Morgan fingerprint density at radius 3 is 2.78 bits per heavy atom. The van der Waals surface area contributed by atoms with E-state index in [0.29, 0.717) is 6.10 Å². The second-order valence-corrected chi connectivity index (χ2v) is 6.11. The molecule has 1 saturated heterocycles. The van der Waals surface area contributed by atoms with Crippen LogP contribution in [0.3, 0.4) is 0 Å². The topological polar surface area (TPSA) is 24.5 Å². The van der Waals surface area contributed by atoms with Crippen LogP contribution in [0.1, 0.15) is 45.4 Å². The highest BCUT2D eigenvalue weighted by molar-refractivity contribution is 4.85. The van der Waals surface area contributed by atoms with Gasteiger partial charge in [0, 0.05) is 25.7 Å². The molecule has 1 aliphatic heterocycles. The third kappa shape index (κ3) is 4.22. The zero-order valence-corrected chi connectivity index (χ0v) is 12.2.